The molecule has 0 heterocycles. The summed E-state index contributed by atoms with van der Waals surface area (Å²) in [6.45, 7) is 8.63. The van der Waals surface area contributed by atoms with E-state index in [4.69, 9.17) is 4.74 Å². The third-order valence-electron chi connectivity index (χ3n) is 3.57. The number of methoxy groups -OCH3 is 1. The number of amides is 1. The monoisotopic (exact) mass is 402 g/mol. The molecule has 0 aliphatic rings. The molecule has 8 heteroatoms. The molecule has 1 rings (SSSR count). The van der Waals surface area contributed by atoms with Crippen LogP contribution in [-0.2, 0) is 14.8 Å². The summed E-state index contributed by atoms with van der Waals surface area (Å²) >= 11 is 1.75. The predicted molar refractivity (Wildman–Crippen MR) is 110 cm³/mol. The van der Waals surface area contributed by atoms with E-state index in [0.717, 1.165) is 12.0 Å². The summed E-state index contributed by atoms with van der Waals surface area (Å²) in [6.07, 6.45) is 1.47. The largest absolute Gasteiger partial charge is 0.497 e. The van der Waals surface area contributed by atoms with E-state index in [1.807, 2.05) is 0 Å². The molecular weight excluding hydrogens is 372 g/mol. The zero-order valence-corrected chi connectivity index (χ0v) is 18.0. The van der Waals surface area contributed by atoms with Gasteiger partial charge in [-0.2, -0.15) is 11.8 Å². The van der Waals surface area contributed by atoms with Gasteiger partial charge in [-0.05, 0) is 18.6 Å². The van der Waals surface area contributed by atoms with Gasteiger partial charge in [0.2, 0.25) is 15.9 Å². The number of sulfonamides is 1. The summed E-state index contributed by atoms with van der Waals surface area (Å²) in [4.78, 5) is 12.7. The fourth-order valence-corrected chi connectivity index (χ4v) is 4.48. The van der Waals surface area contributed by atoms with Crippen molar-refractivity contribution in [3.05, 3.63) is 24.3 Å². The number of thioether (sulfide) groups is 1. The number of benzene rings is 1. The molecule has 0 saturated heterocycles. The molecule has 1 N–H and O–H groups in total. The molecule has 0 aliphatic carbocycles. The standard InChI is InChI=1S/C18H30N2O4S2/c1-7-16(17(21)19-11-12-25-18(2,3)4)20(26(6,22)23)14-9-8-10-15(13-14)24-5/h8-10,13,16H,7,11-12H2,1-6H3,(H,19,21)/t16-/m1/s1. The summed E-state index contributed by atoms with van der Waals surface area (Å²) < 4.78 is 31.3. The van der Waals surface area contributed by atoms with Gasteiger partial charge in [-0.15, -0.1) is 0 Å². The number of carbonyl (C=O) groups excluding carboxylic acids is 1. The highest BCUT2D eigenvalue weighted by atomic mass is 32.2. The number of anilines is 1. The van der Waals surface area contributed by atoms with Crippen LogP contribution in [-0.4, -0.2) is 50.8 Å². The number of carbonyl (C=O) groups is 1. The van der Waals surface area contributed by atoms with E-state index in [0.29, 0.717) is 24.4 Å². The highest BCUT2D eigenvalue weighted by Gasteiger charge is 2.31. The van der Waals surface area contributed by atoms with Gasteiger partial charge in [0.1, 0.15) is 11.8 Å². The lowest BCUT2D eigenvalue weighted by molar-refractivity contribution is -0.122. The third-order valence-corrected chi connectivity index (χ3v) is 6.03. The fourth-order valence-electron chi connectivity index (χ4n) is 2.46. The van der Waals surface area contributed by atoms with Gasteiger partial charge in [-0.3, -0.25) is 9.10 Å². The molecule has 0 unspecified atom stereocenters. The average Bonchev–Trinajstić information content (AvgIpc) is 2.54. The molecule has 0 aromatic heterocycles. The maximum absolute atomic E-state index is 12.7. The maximum Gasteiger partial charge on any atom is 0.243 e. The van der Waals surface area contributed by atoms with Crippen molar-refractivity contribution >= 4 is 33.4 Å². The summed E-state index contributed by atoms with van der Waals surface area (Å²) in [5, 5.41) is 2.86. The normalized spacial score (nSPS) is 13.2. The second-order valence-corrected chi connectivity index (χ2v) is 10.7. The molecule has 0 radical (unpaired) electrons. The van der Waals surface area contributed by atoms with E-state index in [1.54, 1.807) is 43.0 Å². The highest BCUT2D eigenvalue weighted by molar-refractivity contribution is 8.00. The maximum atomic E-state index is 12.7. The van der Waals surface area contributed by atoms with Crippen molar-refractivity contribution in [2.45, 2.75) is 44.9 Å². The highest BCUT2D eigenvalue weighted by Crippen LogP contribution is 2.26. The van der Waals surface area contributed by atoms with Gasteiger partial charge in [0.05, 0.1) is 19.1 Å². The van der Waals surface area contributed by atoms with Crippen LogP contribution in [0.4, 0.5) is 5.69 Å². The van der Waals surface area contributed by atoms with Crippen molar-refractivity contribution in [2.24, 2.45) is 0 Å². The Bertz CT molecular complexity index is 699. The van der Waals surface area contributed by atoms with Crippen LogP contribution >= 0.6 is 11.8 Å². The van der Waals surface area contributed by atoms with Crippen LogP contribution in [0.15, 0.2) is 24.3 Å². The number of rotatable bonds is 9. The van der Waals surface area contributed by atoms with Crippen LogP contribution in [0.3, 0.4) is 0 Å². The van der Waals surface area contributed by atoms with Crippen LogP contribution in [0.25, 0.3) is 0 Å². The first-order valence-corrected chi connectivity index (χ1v) is 11.4. The zero-order chi connectivity index (χ0) is 20.0. The summed E-state index contributed by atoms with van der Waals surface area (Å²) in [6, 6.07) is 5.91. The first-order chi connectivity index (χ1) is 12.0. The minimum absolute atomic E-state index is 0.119. The SMILES string of the molecule is CC[C@H](C(=O)NCCSC(C)(C)C)N(c1cccc(OC)c1)S(C)(=O)=O. The molecule has 1 atom stereocenters. The molecule has 0 fully saturated rings. The molecule has 0 spiro atoms. The third kappa shape index (κ3) is 7.07. The molecule has 0 aliphatic heterocycles. The first-order valence-electron chi connectivity index (χ1n) is 8.54. The number of nitrogens with zero attached hydrogens (tertiary/aromatic N) is 1. The summed E-state index contributed by atoms with van der Waals surface area (Å²) in [7, 11) is -2.13. The Balaban J connectivity index is 2.98. The molecule has 0 saturated carbocycles. The van der Waals surface area contributed by atoms with Crippen molar-refractivity contribution in [3.8, 4) is 5.75 Å². The van der Waals surface area contributed by atoms with Gasteiger partial charge in [0.25, 0.3) is 0 Å². The fraction of sp³-hybridized carbons (Fsp3) is 0.611. The lowest BCUT2D eigenvalue weighted by Crippen LogP contribution is -2.49. The van der Waals surface area contributed by atoms with Crippen LogP contribution in [0.2, 0.25) is 0 Å². The van der Waals surface area contributed by atoms with E-state index in [2.05, 4.69) is 26.1 Å². The Morgan fingerprint density at radius 1 is 1.35 bits per heavy atom. The van der Waals surface area contributed by atoms with Crippen LogP contribution in [0.1, 0.15) is 34.1 Å². The summed E-state index contributed by atoms with van der Waals surface area (Å²) in [5.74, 6) is 1.01. The predicted octanol–water partition coefficient (Wildman–Crippen LogP) is 2.89. The van der Waals surface area contributed by atoms with Gasteiger partial charge >= 0.3 is 0 Å². The summed E-state index contributed by atoms with van der Waals surface area (Å²) in [5.41, 5.74) is 0.415. The second-order valence-electron chi connectivity index (χ2n) is 6.94. The van der Waals surface area contributed by atoms with Crippen molar-refractivity contribution in [3.63, 3.8) is 0 Å². The molecule has 1 aromatic carbocycles. The van der Waals surface area contributed by atoms with E-state index < -0.39 is 16.1 Å². The van der Waals surface area contributed by atoms with Crippen LogP contribution in [0, 0.1) is 0 Å². The Hall–Kier alpha value is -1.41. The number of hydrogen-bond donors (Lipinski definition) is 1. The van der Waals surface area contributed by atoms with Crippen LogP contribution < -0.4 is 14.4 Å². The first kappa shape index (κ1) is 22.6. The van der Waals surface area contributed by atoms with Crippen molar-refractivity contribution < 1.29 is 17.9 Å². The average molecular weight is 403 g/mol. The minimum atomic E-state index is -3.64. The molecule has 1 aromatic rings. The van der Waals surface area contributed by atoms with Crippen molar-refractivity contribution in [2.75, 3.05) is 30.0 Å². The molecule has 0 bridgehead atoms. The smallest absolute Gasteiger partial charge is 0.243 e. The Kier molecular flexibility index (Phi) is 8.27. The van der Waals surface area contributed by atoms with Crippen molar-refractivity contribution in [1.82, 2.24) is 5.32 Å². The van der Waals surface area contributed by atoms with Gasteiger partial charge in [0, 0.05) is 23.1 Å². The minimum Gasteiger partial charge on any atom is -0.497 e. The van der Waals surface area contributed by atoms with Gasteiger partial charge in [0.15, 0.2) is 0 Å². The molecule has 148 valence electrons. The number of nitrogens with one attached hydrogen (secondary N) is 1. The van der Waals surface area contributed by atoms with Crippen LogP contribution in [0.5, 0.6) is 5.75 Å². The van der Waals surface area contributed by atoms with E-state index in [-0.39, 0.29) is 10.7 Å². The lowest BCUT2D eigenvalue weighted by Gasteiger charge is -2.30. The van der Waals surface area contributed by atoms with Gasteiger partial charge in [-0.25, -0.2) is 8.42 Å². The van der Waals surface area contributed by atoms with Gasteiger partial charge in [-0.1, -0.05) is 33.8 Å². The topological polar surface area (TPSA) is 75.7 Å². The zero-order valence-electron chi connectivity index (χ0n) is 16.4. The molecule has 6 nitrogen and oxygen atoms in total. The van der Waals surface area contributed by atoms with Gasteiger partial charge < -0.3 is 10.1 Å². The van der Waals surface area contributed by atoms with E-state index >= 15 is 0 Å². The Morgan fingerprint density at radius 3 is 2.50 bits per heavy atom. The Morgan fingerprint density at radius 2 is 2.00 bits per heavy atom. The molecular formula is C18H30N2O4S2. The molecule has 26 heavy (non-hydrogen) atoms. The number of ether oxygens (including phenoxy) is 1. The second kappa shape index (κ2) is 9.50. The lowest BCUT2D eigenvalue weighted by atomic mass is 10.2. The van der Waals surface area contributed by atoms with E-state index in [9.17, 15) is 13.2 Å². The quantitative estimate of drug-likeness (QED) is 0.643. The van der Waals surface area contributed by atoms with Crippen molar-refractivity contribution in [1.29, 1.82) is 0 Å². The Labute approximate surface area is 161 Å². The number of hydrogen-bond acceptors (Lipinski definition) is 5. The van der Waals surface area contributed by atoms with E-state index in [1.165, 1.54) is 11.4 Å². The molecule has 1 amide bonds.